The molecule has 82 valence electrons. The highest BCUT2D eigenvalue weighted by atomic mass is 16.5. The normalized spacial score (nSPS) is 31.1. The van der Waals surface area contributed by atoms with Gasteiger partial charge in [0.2, 0.25) is 0 Å². The van der Waals surface area contributed by atoms with Crippen molar-refractivity contribution >= 4 is 0 Å². The van der Waals surface area contributed by atoms with Gasteiger partial charge in [0.05, 0.1) is 6.61 Å². The molecule has 2 nitrogen and oxygen atoms in total. The van der Waals surface area contributed by atoms with Gasteiger partial charge in [-0.3, -0.25) is 0 Å². The fourth-order valence-corrected chi connectivity index (χ4v) is 2.72. The molecule has 1 saturated carbocycles. The van der Waals surface area contributed by atoms with Gasteiger partial charge >= 0.3 is 0 Å². The van der Waals surface area contributed by atoms with Gasteiger partial charge in [-0.25, -0.2) is 0 Å². The van der Waals surface area contributed by atoms with Crippen LogP contribution >= 0.6 is 0 Å². The van der Waals surface area contributed by atoms with Gasteiger partial charge in [-0.2, -0.15) is 0 Å². The molecule has 0 spiro atoms. The van der Waals surface area contributed by atoms with Crippen LogP contribution in [0.25, 0.3) is 0 Å². The van der Waals surface area contributed by atoms with E-state index in [2.05, 4.69) is 12.2 Å². The number of nitrogens with one attached hydrogen (secondary N) is 1. The van der Waals surface area contributed by atoms with Crippen molar-refractivity contribution in [2.75, 3.05) is 19.8 Å². The van der Waals surface area contributed by atoms with E-state index in [1.807, 2.05) is 0 Å². The van der Waals surface area contributed by atoms with Crippen LogP contribution in [0.5, 0.6) is 0 Å². The molecule has 14 heavy (non-hydrogen) atoms. The molecule has 0 aromatic heterocycles. The van der Waals surface area contributed by atoms with E-state index in [-0.39, 0.29) is 0 Å². The molecule has 1 saturated heterocycles. The summed E-state index contributed by atoms with van der Waals surface area (Å²) in [6.45, 7) is 5.47. The second-order valence-corrected chi connectivity index (χ2v) is 4.97. The largest absolute Gasteiger partial charge is 0.381 e. The highest BCUT2D eigenvalue weighted by Crippen LogP contribution is 2.27. The molecular weight excluding hydrogens is 174 g/mol. The maximum absolute atomic E-state index is 5.37. The Morgan fingerprint density at radius 3 is 2.71 bits per heavy atom. The first kappa shape index (κ1) is 10.4. The van der Waals surface area contributed by atoms with Crippen LogP contribution in [0.15, 0.2) is 0 Å². The average molecular weight is 197 g/mol. The smallest absolute Gasteiger partial charge is 0.0507 e. The molecular formula is C12H23NO. The first-order valence-electron chi connectivity index (χ1n) is 6.17. The number of hydrogen-bond acceptors (Lipinski definition) is 2. The van der Waals surface area contributed by atoms with E-state index >= 15 is 0 Å². The topological polar surface area (TPSA) is 21.3 Å². The molecule has 0 amide bonds. The van der Waals surface area contributed by atoms with Crippen molar-refractivity contribution in [2.24, 2.45) is 11.8 Å². The second kappa shape index (κ2) is 5.13. The summed E-state index contributed by atoms with van der Waals surface area (Å²) in [4.78, 5) is 0. The zero-order valence-electron chi connectivity index (χ0n) is 9.30. The summed E-state index contributed by atoms with van der Waals surface area (Å²) < 4.78 is 5.37. The summed E-state index contributed by atoms with van der Waals surface area (Å²) in [7, 11) is 0. The van der Waals surface area contributed by atoms with Crippen LogP contribution in [-0.2, 0) is 4.74 Å². The Morgan fingerprint density at radius 1 is 1.29 bits per heavy atom. The number of hydrogen-bond donors (Lipinski definition) is 1. The van der Waals surface area contributed by atoms with Crippen LogP contribution in [0.2, 0.25) is 0 Å². The molecule has 2 unspecified atom stereocenters. The predicted octanol–water partition coefficient (Wildman–Crippen LogP) is 2.19. The van der Waals surface area contributed by atoms with E-state index in [1.54, 1.807) is 0 Å². The minimum Gasteiger partial charge on any atom is -0.381 e. The van der Waals surface area contributed by atoms with Crippen LogP contribution in [0, 0.1) is 11.8 Å². The zero-order valence-corrected chi connectivity index (χ0v) is 9.30. The molecule has 1 N–H and O–H groups in total. The van der Waals surface area contributed by atoms with Gasteiger partial charge in [-0.05, 0) is 38.0 Å². The van der Waals surface area contributed by atoms with Crippen LogP contribution in [0.4, 0.5) is 0 Å². The molecule has 2 fully saturated rings. The fourth-order valence-electron chi connectivity index (χ4n) is 2.72. The minimum atomic E-state index is 0.720. The lowest BCUT2D eigenvalue weighted by Gasteiger charge is -2.21. The van der Waals surface area contributed by atoms with Crippen LogP contribution in [0.1, 0.15) is 39.0 Å². The first-order valence-corrected chi connectivity index (χ1v) is 6.17. The average Bonchev–Trinajstić information content (AvgIpc) is 2.87. The molecule has 2 rings (SSSR count). The van der Waals surface area contributed by atoms with Crippen molar-refractivity contribution < 1.29 is 4.74 Å². The summed E-state index contributed by atoms with van der Waals surface area (Å²) >= 11 is 0. The third kappa shape index (κ3) is 2.71. The van der Waals surface area contributed by atoms with Crippen molar-refractivity contribution in [3.05, 3.63) is 0 Å². The van der Waals surface area contributed by atoms with Gasteiger partial charge in [0.25, 0.3) is 0 Å². The molecule has 1 aliphatic heterocycles. The van der Waals surface area contributed by atoms with Crippen LogP contribution < -0.4 is 5.32 Å². The van der Waals surface area contributed by atoms with Gasteiger partial charge in [0.1, 0.15) is 0 Å². The maximum atomic E-state index is 5.37. The van der Waals surface area contributed by atoms with E-state index in [1.165, 1.54) is 32.1 Å². The lowest BCUT2D eigenvalue weighted by Crippen LogP contribution is -2.36. The molecule has 2 heteroatoms. The molecule has 1 heterocycles. The molecule has 0 radical (unpaired) electrons. The summed E-state index contributed by atoms with van der Waals surface area (Å²) in [6, 6.07) is 0.720. The standard InChI is InChI=1S/C12H23NO/c1-10(12-4-2-3-5-12)13-8-11-6-7-14-9-11/h10-13H,2-9H2,1H3. The van der Waals surface area contributed by atoms with Gasteiger partial charge < -0.3 is 10.1 Å². The van der Waals surface area contributed by atoms with E-state index in [4.69, 9.17) is 4.74 Å². The summed E-state index contributed by atoms with van der Waals surface area (Å²) in [5, 5.41) is 3.69. The minimum absolute atomic E-state index is 0.720. The van der Waals surface area contributed by atoms with Crippen molar-refractivity contribution in [2.45, 2.75) is 45.1 Å². The van der Waals surface area contributed by atoms with Crippen molar-refractivity contribution in [3.63, 3.8) is 0 Å². The molecule has 1 aliphatic carbocycles. The Labute approximate surface area is 87.4 Å². The van der Waals surface area contributed by atoms with Gasteiger partial charge in [0.15, 0.2) is 0 Å². The quantitative estimate of drug-likeness (QED) is 0.746. The van der Waals surface area contributed by atoms with E-state index in [0.717, 1.165) is 37.6 Å². The lowest BCUT2D eigenvalue weighted by atomic mass is 9.99. The number of ether oxygens (including phenoxy) is 1. The molecule has 0 bridgehead atoms. The summed E-state index contributed by atoms with van der Waals surface area (Å²) in [6.07, 6.45) is 7.03. The highest BCUT2D eigenvalue weighted by Gasteiger charge is 2.22. The van der Waals surface area contributed by atoms with Crippen molar-refractivity contribution in [3.8, 4) is 0 Å². The fraction of sp³-hybridized carbons (Fsp3) is 1.00. The Bertz CT molecular complexity index is 160. The molecule has 0 aromatic rings. The predicted molar refractivity (Wildman–Crippen MR) is 58.3 cm³/mol. The van der Waals surface area contributed by atoms with Crippen LogP contribution in [0.3, 0.4) is 0 Å². The Balaban J connectivity index is 1.63. The highest BCUT2D eigenvalue weighted by molar-refractivity contribution is 4.78. The monoisotopic (exact) mass is 197 g/mol. The molecule has 2 atom stereocenters. The van der Waals surface area contributed by atoms with E-state index in [9.17, 15) is 0 Å². The Hall–Kier alpha value is -0.0800. The van der Waals surface area contributed by atoms with Gasteiger partial charge in [0, 0.05) is 19.2 Å². The van der Waals surface area contributed by atoms with Gasteiger partial charge in [-0.1, -0.05) is 12.8 Å². The zero-order chi connectivity index (χ0) is 9.80. The van der Waals surface area contributed by atoms with Crippen LogP contribution in [-0.4, -0.2) is 25.8 Å². The third-order valence-electron chi connectivity index (χ3n) is 3.86. The third-order valence-corrected chi connectivity index (χ3v) is 3.86. The van der Waals surface area contributed by atoms with E-state index < -0.39 is 0 Å². The Kier molecular flexibility index (Phi) is 3.82. The SMILES string of the molecule is CC(NCC1CCOC1)C1CCCC1. The van der Waals surface area contributed by atoms with Crippen molar-refractivity contribution in [1.29, 1.82) is 0 Å². The van der Waals surface area contributed by atoms with Gasteiger partial charge in [-0.15, -0.1) is 0 Å². The first-order chi connectivity index (χ1) is 6.86. The Morgan fingerprint density at radius 2 is 2.07 bits per heavy atom. The van der Waals surface area contributed by atoms with E-state index in [0.29, 0.717) is 0 Å². The lowest BCUT2D eigenvalue weighted by molar-refractivity contribution is 0.184. The second-order valence-electron chi connectivity index (χ2n) is 4.97. The molecule has 2 aliphatic rings. The maximum Gasteiger partial charge on any atom is 0.0507 e. The number of rotatable bonds is 4. The van der Waals surface area contributed by atoms with Crippen molar-refractivity contribution in [1.82, 2.24) is 5.32 Å². The molecule has 0 aromatic carbocycles. The summed E-state index contributed by atoms with van der Waals surface area (Å²) in [5.74, 6) is 1.72. The summed E-state index contributed by atoms with van der Waals surface area (Å²) in [5.41, 5.74) is 0.